The lowest BCUT2D eigenvalue weighted by molar-refractivity contribution is 0.355. The van der Waals surface area contributed by atoms with E-state index in [1.165, 1.54) is 0 Å². The van der Waals surface area contributed by atoms with Gasteiger partial charge in [-0.05, 0) is 41.8 Å². The highest BCUT2D eigenvalue weighted by Crippen LogP contribution is 2.33. The highest BCUT2D eigenvalue weighted by molar-refractivity contribution is 5.92. The Morgan fingerprint density at radius 2 is 1.67 bits per heavy atom. The van der Waals surface area contributed by atoms with E-state index in [1.807, 2.05) is 24.3 Å². The van der Waals surface area contributed by atoms with E-state index < -0.39 is 0 Å². The second-order valence-corrected chi connectivity index (χ2v) is 5.45. The first-order chi connectivity index (χ1) is 11.8. The average Bonchev–Trinajstić information content (AvgIpc) is 2.65. The highest BCUT2D eigenvalue weighted by atomic mass is 16.5. The Morgan fingerprint density at radius 3 is 2.42 bits per heavy atom. The maximum Gasteiger partial charge on any atom is 0.161 e. The van der Waals surface area contributed by atoms with E-state index in [0.29, 0.717) is 5.75 Å². The highest BCUT2D eigenvalue weighted by Gasteiger charge is 2.09. The van der Waals surface area contributed by atoms with Crippen LogP contribution in [0, 0.1) is 0 Å². The van der Waals surface area contributed by atoms with Gasteiger partial charge in [-0.15, -0.1) is 0 Å². The number of ether oxygens (including phenoxy) is 2. The number of aromatic nitrogens is 2. The average molecular weight is 323 g/mol. The zero-order valence-electron chi connectivity index (χ0n) is 14.2. The number of methoxy groups -OCH3 is 2. The molecule has 0 aliphatic rings. The Morgan fingerprint density at radius 1 is 0.917 bits per heavy atom. The van der Waals surface area contributed by atoms with Crippen LogP contribution in [0.15, 0.2) is 42.7 Å². The van der Waals surface area contributed by atoms with E-state index >= 15 is 0 Å². The first-order valence-electron chi connectivity index (χ1n) is 7.98. The van der Waals surface area contributed by atoms with E-state index in [9.17, 15) is 0 Å². The van der Waals surface area contributed by atoms with Crippen LogP contribution in [0.4, 0.5) is 5.82 Å². The molecule has 5 nitrogen and oxygen atoms in total. The summed E-state index contributed by atoms with van der Waals surface area (Å²) in [4.78, 5) is 8.72. The molecule has 0 radical (unpaired) electrons. The second kappa shape index (κ2) is 7.17. The number of benzene rings is 2. The zero-order valence-corrected chi connectivity index (χ0v) is 14.2. The van der Waals surface area contributed by atoms with Gasteiger partial charge in [0.2, 0.25) is 0 Å². The molecule has 3 aromatic rings. The second-order valence-electron chi connectivity index (χ2n) is 5.45. The fraction of sp³-hybridized carbons (Fsp3) is 0.263. The summed E-state index contributed by atoms with van der Waals surface area (Å²) in [5.41, 5.74) is 3.06. The Bertz CT molecular complexity index is 849. The van der Waals surface area contributed by atoms with E-state index in [4.69, 9.17) is 9.47 Å². The van der Waals surface area contributed by atoms with Crippen LogP contribution in [0.3, 0.4) is 0 Å². The summed E-state index contributed by atoms with van der Waals surface area (Å²) in [7, 11) is 3.28. The first-order valence-corrected chi connectivity index (χ1v) is 7.98. The van der Waals surface area contributed by atoms with Crippen molar-refractivity contribution in [1.82, 2.24) is 9.97 Å². The monoisotopic (exact) mass is 323 g/mol. The van der Waals surface area contributed by atoms with Crippen molar-refractivity contribution in [3.63, 3.8) is 0 Å². The fourth-order valence-corrected chi connectivity index (χ4v) is 2.64. The number of hydrogen-bond acceptors (Lipinski definition) is 5. The molecular formula is C19H21N3O2. The van der Waals surface area contributed by atoms with Crippen LogP contribution in [0.25, 0.3) is 22.0 Å². The normalized spacial score (nSPS) is 10.6. The molecule has 0 fully saturated rings. The minimum Gasteiger partial charge on any atom is -0.493 e. The number of nitrogens with zero attached hydrogens (tertiary/aromatic N) is 2. The SMILES string of the molecule is CCCNc1ncnc2ccc(-c3ccc(OC)c(OC)c3)cc12. The van der Waals surface area contributed by atoms with E-state index in [0.717, 1.165) is 46.6 Å². The van der Waals surface area contributed by atoms with Crippen molar-refractivity contribution in [2.75, 3.05) is 26.1 Å². The summed E-state index contributed by atoms with van der Waals surface area (Å²) >= 11 is 0. The maximum absolute atomic E-state index is 5.40. The van der Waals surface area contributed by atoms with Crippen LogP contribution in [0.2, 0.25) is 0 Å². The predicted octanol–water partition coefficient (Wildman–Crippen LogP) is 4.14. The number of fused-ring (bicyclic) bond motifs is 1. The van der Waals surface area contributed by atoms with Gasteiger partial charge in [-0.1, -0.05) is 19.1 Å². The first kappa shape index (κ1) is 16.1. The van der Waals surface area contributed by atoms with Crippen molar-refractivity contribution in [2.45, 2.75) is 13.3 Å². The Kier molecular flexibility index (Phi) is 4.79. The molecule has 1 aromatic heterocycles. The molecule has 0 saturated heterocycles. The van der Waals surface area contributed by atoms with Crippen molar-refractivity contribution in [3.05, 3.63) is 42.7 Å². The van der Waals surface area contributed by atoms with Gasteiger partial charge in [0.15, 0.2) is 11.5 Å². The Labute approximate surface area is 141 Å². The van der Waals surface area contributed by atoms with Crippen molar-refractivity contribution >= 4 is 16.7 Å². The van der Waals surface area contributed by atoms with Gasteiger partial charge in [-0.3, -0.25) is 0 Å². The third-order valence-electron chi connectivity index (χ3n) is 3.89. The smallest absolute Gasteiger partial charge is 0.161 e. The zero-order chi connectivity index (χ0) is 16.9. The van der Waals surface area contributed by atoms with Crippen LogP contribution in [0.5, 0.6) is 11.5 Å². The summed E-state index contributed by atoms with van der Waals surface area (Å²) in [6.45, 7) is 3.01. The number of hydrogen-bond donors (Lipinski definition) is 1. The molecule has 1 heterocycles. The minimum absolute atomic E-state index is 0.712. The topological polar surface area (TPSA) is 56.3 Å². The molecule has 0 unspecified atom stereocenters. The van der Waals surface area contributed by atoms with Crippen molar-refractivity contribution in [1.29, 1.82) is 0 Å². The van der Waals surface area contributed by atoms with Crippen LogP contribution in [-0.2, 0) is 0 Å². The lowest BCUT2D eigenvalue weighted by atomic mass is 10.0. The van der Waals surface area contributed by atoms with Crippen molar-refractivity contribution < 1.29 is 9.47 Å². The molecule has 1 N–H and O–H groups in total. The van der Waals surface area contributed by atoms with Gasteiger partial charge in [0.05, 0.1) is 19.7 Å². The van der Waals surface area contributed by atoms with Crippen molar-refractivity contribution in [3.8, 4) is 22.6 Å². The fourth-order valence-electron chi connectivity index (χ4n) is 2.64. The molecule has 0 saturated carbocycles. The molecular weight excluding hydrogens is 302 g/mol. The molecule has 0 amide bonds. The quantitative estimate of drug-likeness (QED) is 0.739. The lowest BCUT2D eigenvalue weighted by Gasteiger charge is -2.11. The van der Waals surface area contributed by atoms with Gasteiger partial charge < -0.3 is 14.8 Å². The molecule has 0 bridgehead atoms. The van der Waals surface area contributed by atoms with Gasteiger partial charge in [0, 0.05) is 11.9 Å². The van der Waals surface area contributed by atoms with Gasteiger partial charge in [-0.2, -0.15) is 0 Å². The molecule has 124 valence electrons. The number of anilines is 1. The lowest BCUT2D eigenvalue weighted by Crippen LogP contribution is -2.03. The number of nitrogens with one attached hydrogen (secondary N) is 1. The maximum atomic E-state index is 5.40. The van der Waals surface area contributed by atoms with Gasteiger partial charge >= 0.3 is 0 Å². The van der Waals surface area contributed by atoms with E-state index in [1.54, 1.807) is 20.5 Å². The van der Waals surface area contributed by atoms with Crippen molar-refractivity contribution in [2.24, 2.45) is 0 Å². The summed E-state index contributed by atoms with van der Waals surface area (Å²) < 4.78 is 10.7. The molecule has 2 aromatic carbocycles. The Hall–Kier alpha value is -2.82. The van der Waals surface area contributed by atoms with Gasteiger partial charge in [0.25, 0.3) is 0 Å². The summed E-state index contributed by atoms with van der Waals surface area (Å²) in [5, 5.41) is 4.37. The largest absolute Gasteiger partial charge is 0.493 e. The molecule has 0 spiro atoms. The summed E-state index contributed by atoms with van der Waals surface area (Å²) in [5.74, 6) is 2.29. The molecule has 0 aliphatic carbocycles. The van der Waals surface area contributed by atoms with Crippen LogP contribution in [-0.4, -0.2) is 30.7 Å². The standard InChI is InChI=1S/C19H21N3O2/c1-4-9-20-19-15-10-13(5-7-16(15)21-12-22-19)14-6-8-17(23-2)18(11-14)24-3/h5-8,10-12H,4,9H2,1-3H3,(H,20,21,22). The summed E-state index contributed by atoms with van der Waals surface area (Å²) in [6.07, 6.45) is 2.64. The molecule has 24 heavy (non-hydrogen) atoms. The van der Waals surface area contributed by atoms with E-state index in [2.05, 4.69) is 34.3 Å². The summed E-state index contributed by atoms with van der Waals surface area (Å²) in [6, 6.07) is 12.1. The Balaban J connectivity index is 2.07. The van der Waals surface area contributed by atoms with Gasteiger partial charge in [-0.25, -0.2) is 9.97 Å². The third-order valence-corrected chi connectivity index (χ3v) is 3.89. The molecule has 3 rings (SSSR count). The third kappa shape index (κ3) is 3.11. The molecule has 5 heteroatoms. The molecule has 0 atom stereocenters. The van der Waals surface area contributed by atoms with Crippen LogP contribution in [0.1, 0.15) is 13.3 Å². The predicted molar refractivity (Wildman–Crippen MR) is 96.9 cm³/mol. The van der Waals surface area contributed by atoms with Gasteiger partial charge in [0.1, 0.15) is 12.1 Å². The van der Waals surface area contributed by atoms with Crippen LogP contribution < -0.4 is 14.8 Å². The van der Waals surface area contributed by atoms with E-state index in [-0.39, 0.29) is 0 Å². The minimum atomic E-state index is 0.712. The van der Waals surface area contributed by atoms with Crippen LogP contribution >= 0.6 is 0 Å². The molecule has 0 aliphatic heterocycles. The number of rotatable bonds is 6.